The highest BCUT2D eigenvalue weighted by molar-refractivity contribution is 7.92. The molecule has 0 saturated carbocycles. The maximum absolute atomic E-state index is 13.1. The van der Waals surface area contributed by atoms with Gasteiger partial charge in [0.05, 0.1) is 30.0 Å². The molecule has 0 aliphatic heterocycles. The molecule has 0 radical (unpaired) electrons. The topological polar surface area (TPSA) is 122 Å². The molecule has 8 nitrogen and oxygen atoms in total. The number of aromatic carboxylic acids is 1. The molecule has 0 heterocycles. The molecule has 1 unspecified atom stereocenters. The fraction of sp³-hybridized carbons (Fsp3) is 0.130. The molecule has 9 heteroatoms. The highest BCUT2D eigenvalue weighted by Crippen LogP contribution is 2.28. The Labute approximate surface area is 185 Å². The monoisotopic (exact) mass is 454 g/mol. The maximum Gasteiger partial charge on any atom is 0.335 e. The van der Waals surface area contributed by atoms with Gasteiger partial charge in [0.2, 0.25) is 0 Å². The third-order valence-corrected chi connectivity index (χ3v) is 6.15. The van der Waals surface area contributed by atoms with E-state index in [0.717, 1.165) is 11.6 Å². The molecule has 0 bridgehead atoms. The first-order valence-electron chi connectivity index (χ1n) is 9.62. The average molecular weight is 455 g/mol. The fourth-order valence-electron chi connectivity index (χ4n) is 3.09. The van der Waals surface area contributed by atoms with Gasteiger partial charge in [-0.25, -0.2) is 13.2 Å². The van der Waals surface area contributed by atoms with Crippen molar-refractivity contribution in [3.63, 3.8) is 0 Å². The number of rotatable bonds is 8. The minimum Gasteiger partial charge on any atom is -0.495 e. The molecule has 1 amide bonds. The van der Waals surface area contributed by atoms with Crippen LogP contribution in [0.2, 0.25) is 0 Å². The van der Waals surface area contributed by atoms with Gasteiger partial charge in [-0.15, -0.1) is 0 Å². The molecule has 166 valence electrons. The first-order chi connectivity index (χ1) is 15.2. The van der Waals surface area contributed by atoms with E-state index in [-0.39, 0.29) is 33.5 Å². The molecule has 0 fully saturated rings. The summed E-state index contributed by atoms with van der Waals surface area (Å²) in [6, 6.07) is 18.7. The Hall–Kier alpha value is -3.85. The van der Waals surface area contributed by atoms with E-state index in [0.29, 0.717) is 0 Å². The predicted molar refractivity (Wildman–Crippen MR) is 120 cm³/mol. The van der Waals surface area contributed by atoms with E-state index in [4.69, 9.17) is 4.74 Å². The lowest BCUT2D eigenvalue weighted by Gasteiger charge is -2.17. The van der Waals surface area contributed by atoms with Crippen LogP contribution in [0, 0.1) is 0 Å². The van der Waals surface area contributed by atoms with Crippen molar-refractivity contribution >= 4 is 27.6 Å². The third-order valence-electron chi connectivity index (χ3n) is 4.76. The predicted octanol–water partition coefficient (Wildman–Crippen LogP) is 3.69. The van der Waals surface area contributed by atoms with Crippen LogP contribution in [0.15, 0.2) is 77.7 Å². The van der Waals surface area contributed by atoms with Crippen molar-refractivity contribution in [2.45, 2.75) is 17.9 Å². The third kappa shape index (κ3) is 5.06. The number of amides is 1. The van der Waals surface area contributed by atoms with E-state index in [2.05, 4.69) is 10.0 Å². The lowest BCUT2D eigenvalue weighted by Crippen LogP contribution is -2.28. The molecule has 0 spiro atoms. The van der Waals surface area contributed by atoms with E-state index in [9.17, 15) is 23.1 Å². The summed E-state index contributed by atoms with van der Waals surface area (Å²) in [7, 11) is -2.99. The summed E-state index contributed by atoms with van der Waals surface area (Å²) in [5.74, 6) is -1.77. The van der Waals surface area contributed by atoms with Gasteiger partial charge in [-0.2, -0.15) is 0 Å². The van der Waals surface area contributed by atoms with Crippen molar-refractivity contribution in [2.75, 3.05) is 11.8 Å². The lowest BCUT2D eigenvalue weighted by atomic mass is 10.1. The first-order valence-corrected chi connectivity index (χ1v) is 11.1. The molecule has 3 aromatic rings. The summed E-state index contributed by atoms with van der Waals surface area (Å²) in [5.41, 5.74) is 0.850. The summed E-state index contributed by atoms with van der Waals surface area (Å²) in [6.07, 6.45) is 0. The number of carboxylic acids is 1. The number of hydrogen-bond acceptors (Lipinski definition) is 5. The molecule has 0 aliphatic carbocycles. The Morgan fingerprint density at radius 2 is 1.62 bits per heavy atom. The van der Waals surface area contributed by atoms with Crippen LogP contribution in [0.1, 0.15) is 39.2 Å². The molecule has 3 aromatic carbocycles. The van der Waals surface area contributed by atoms with Crippen LogP contribution in [0.25, 0.3) is 0 Å². The van der Waals surface area contributed by atoms with Gasteiger partial charge >= 0.3 is 5.97 Å². The van der Waals surface area contributed by atoms with E-state index in [1.165, 1.54) is 31.4 Å². The van der Waals surface area contributed by atoms with Crippen LogP contribution < -0.4 is 14.8 Å². The van der Waals surface area contributed by atoms with Gasteiger partial charge < -0.3 is 15.2 Å². The van der Waals surface area contributed by atoms with Gasteiger partial charge in [-0.1, -0.05) is 42.5 Å². The van der Waals surface area contributed by atoms with E-state index < -0.39 is 21.9 Å². The second kappa shape index (κ2) is 9.52. The quantitative estimate of drug-likeness (QED) is 0.477. The van der Waals surface area contributed by atoms with Crippen LogP contribution in [0.4, 0.5) is 5.69 Å². The van der Waals surface area contributed by atoms with Crippen molar-refractivity contribution in [1.82, 2.24) is 5.32 Å². The number of carbonyl (C=O) groups is 2. The minimum atomic E-state index is -4.27. The molecule has 3 rings (SSSR count). The smallest absolute Gasteiger partial charge is 0.335 e. The second-order valence-electron chi connectivity index (χ2n) is 6.93. The largest absolute Gasteiger partial charge is 0.495 e. The summed E-state index contributed by atoms with van der Waals surface area (Å²) >= 11 is 0. The zero-order chi connectivity index (χ0) is 23.3. The van der Waals surface area contributed by atoms with Gasteiger partial charge in [0.25, 0.3) is 15.9 Å². The fourth-order valence-corrected chi connectivity index (χ4v) is 4.36. The summed E-state index contributed by atoms with van der Waals surface area (Å²) in [5, 5.41) is 12.1. The molecular formula is C23H22N2O6S. The van der Waals surface area contributed by atoms with Crippen LogP contribution in [-0.2, 0) is 10.0 Å². The van der Waals surface area contributed by atoms with Crippen LogP contribution in [-0.4, -0.2) is 32.5 Å². The van der Waals surface area contributed by atoms with Crippen molar-refractivity contribution in [3.05, 3.63) is 89.5 Å². The number of carboxylic acid groups (broad SMARTS) is 1. The molecule has 32 heavy (non-hydrogen) atoms. The Bertz CT molecular complexity index is 1240. The molecule has 3 N–H and O–H groups in total. The minimum absolute atomic E-state index is 0.0258. The van der Waals surface area contributed by atoms with Gasteiger partial charge in [-0.3, -0.25) is 9.52 Å². The average Bonchev–Trinajstić information content (AvgIpc) is 2.79. The molecule has 1 atom stereocenters. The summed E-state index contributed by atoms with van der Waals surface area (Å²) < 4.78 is 33.6. The van der Waals surface area contributed by atoms with Crippen molar-refractivity contribution in [1.29, 1.82) is 0 Å². The molecule has 0 saturated heterocycles. The molecule has 0 aliphatic rings. The highest BCUT2D eigenvalue weighted by atomic mass is 32.2. The first kappa shape index (κ1) is 22.8. The number of benzene rings is 3. The van der Waals surface area contributed by atoms with E-state index in [1.54, 1.807) is 12.1 Å². The maximum atomic E-state index is 13.1. The number of nitrogens with one attached hydrogen (secondary N) is 2. The Balaban J connectivity index is 1.91. The number of methoxy groups -OCH3 is 1. The van der Waals surface area contributed by atoms with Crippen LogP contribution in [0.5, 0.6) is 5.75 Å². The zero-order valence-corrected chi connectivity index (χ0v) is 18.2. The van der Waals surface area contributed by atoms with Crippen LogP contribution >= 0.6 is 0 Å². The van der Waals surface area contributed by atoms with Gasteiger partial charge in [0, 0.05) is 0 Å². The van der Waals surface area contributed by atoms with E-state index >= 15 is 0 Å². The Morgan fingerprint density at radius 3 is 2.28 bits per heavy atom. The van der Waals surface area contributed by atoms with Gasteiger partial charge in [-0.05, 0) is 42.8 Å². The Kier molecular flexibility index (Phi) is 6.79. The lowest BCUT2D eigenvalue weighted by molar-refractivity contribution is 0.0696. The summed E-state index contributed by atoms with van der Waals surface area (Å²) in [4.78, 5) is 23.8. The SMILES string of the molecule is COc1ccc(C(=O)O)cc1S(=O)(=O)Nc1ccccc1C(=O)NC(C)c1ccccc1. The number of ether oxygens (including phenoxy) is 1. The molecule has 0 aromatic heterocycles. The standard InChI is InChI=1S/C23H22N2O6S/c1-15(16-8-4-3-5-9-16)24-22(26)18-10-6-7-11-19(18)25-32(29,30)21-14-17(23(27)28)12-13-20(21)31-2/h3-15,25H,1-2H3,(H,24,26)(H,27,28). The van der Waals surface area contributed by atoms with Gasteiger partial charge in [0.1, 0.15) is 10.6 Å². The number of anilines is 1. The zero-order valence-electron chi connectivity index (χ0n) is 17.4. The number of carbonyl (C=O) groups excluding carboxylic acids is 1. The number of para-hydroxylation sites is 1. The Morgan fingerprint density at radius 1 is 0.969 bits per heavy atom. The highest BCUT2D eigenvalue weighted by Gasteiger charge is 2.24. The molecular weight excluding hydrogens is 432 g/mol. The summed E-state index contributed by atoms with van der Waals surface area (Å²) in [6.45, 7) is 1.82. The van der Waals surface area contributed by atoms with Gasteiger partial charge in [0.15, 0.2) is 0 Å². The number of sulfonamides is 1. The van der Waals surface area contributed by atoms with E-state index in [1.807, 2.05) is 37.3 Å². The number of hydrogen-bond donors (Lipinski definition) is 3. The second-order valence-corrected chi connectivity index (χ2v) is 8.58. The van der Waals surface area contributed by atoms with Crippen molar-refractivity contribution < 1.29 is 27.9 Å². The van der Waals surface area contributed by atoms with Crippen molar-refractivity contribution in [2.24, 2.45) is 0 Å². The van der Waals surface area contributed by atoms with Crippen molar-refractivity contribution in [3.8, 4) is 5.75 Å². The normalized spacial score (nSPS) is 11.9. The van der Waals surface area contributed by atoms with Crippen LogP contribution in [0.3, 0.4) is 0 Å².